The van der Waals surface area contributed by atoms with E-state index in [0.29, 0.717) is 22.5 Å². The number of hydrogen-bond donors (Lipinski definition) is 1. The van der Waals surface area contributed by atoms with Crippen LogP contribution in [0.15, 0.2) is 12.1 Å². The van der Waals surface area contributed by atoms with Crippen LogP contribution in [-0.4, -0.2) is 18.5 Å². The smallest absolute Gasteiger partial charge is 0.249 e. The first-order valence-electron chi connectivity index (χ1n) is 6.51. The van der Waals surface area contributed by atoms with Gasteiger partial charge in [-0.25, -0.2) is 0 Å². The molecule has 0 aliphatic carbocycles. The molecule has 19 heavy (non-hydrogen) atoms. The fourth-order valence-electron chi connectivity index (χ4n) is 2.26. The molecule has 1 amide bonds. The molecule has 1 aliphatic heterocycles. The highest BCUT2D eigenvalue weighted by atomic mass is 35.5. The second kappa shape index (κ2) is 5.59. The minimum absolute atomic E-state index is 0.0992. The average molecular weight is 301 g/mol. The van der Waals surface area contributed by atoms with Gasteiger partial charge in [0.15, 0.2) is 0 Å². The van der Waals surface area contributed by atoms with E-state index >= 15 is 0 Å². The molecular formula is C14H18Cl2N2O. The van der Waals surface area contributed by atoms with Crippen LogP contribution in [0.5, 0.6) is 0 Å². The number of carbonyl (C=O) groups is 1. The first kappa shape index (κ1) is 14.5. The second-order valence-corrected chi connectivity index (χ2v) is 6.05. The van der Waals surface area contributed by atoms with Gasteiger partial charge in [-0.1, -0.05) is 44.0 Å². The molecule has 0 saturated heterocycles. The maximum atomic E-state index is 12.4. The van der Waals surface area contributed by atoms with Crippen molar-refractivity contribution >= 4 is 40.5 Å². The molecule has 0 spiro atoms. The molecular weight excluding hydrogens is 283 g/mol. The van der Waals surface area contributed by atoms with E-state index in [2.05, 4.69) is 19.2 Å². The summed E-state index contributed by atoms with van der Waals surface area (Å²) in [4.78, 5) is 14.3. The van der Waals surface area contributed by atoms with Crippen molar-refractivity contribution in [1.29, 1.82) is 0 Å². The molecule has 1 unspecified atom stereocenters. The Morgan fingerprint density at radius 3 is 2.53 bits per heavy atom. The summed E-state index contributed by atoms with van der Waals surface area (Å²) in [6.45, 7) is 6.86. The largest absolute Gasteiger partial charge is 0.372 e. The molecule has 0 aromatic heterocycles. The van der Waals surface area contributed by atoms with Gasteiger partial charge in [-0.05, 0) is 24.5 Å². The van der Waals surface area contributed by atoms with E-state index in [1.54, 1.807) is 12.1 Å². The van der Waals surface area contributed by atoms with Crippen LogP contribution in [0.25, 0.3) is 0 Å². The lowest BCUT2D eigenvalue weighted by Crippen LogP contribution is -2.48. The van der Waals surface area contributed by atoms with Gasteiger partial charge in [0.1, 0.15) is 6.04 Å². The molecule has 1 N–H and O–H groups in total. The molecule has 0 fully saturated rings. The Bertz CT molecular complexity index is 502. The fraction of sp³-hybridized carbons (Fsp3) is 0.500. The molecule has 0 bridgehead atoms. The summed E-state index contributed by atoms with van der Waals surface area (Å²) in [5.41, 5.74) is 1.69. The van der Waals surface area contributed by atoms with Crippen LogP contribution >= 0.6 is 23.2 Å². The Labute approximate surface area is 123 Å². The van der Waals surface area contributed by atoms with Crippen LogP contribution in [0, 0.1) is 5.92 Å². The van der Waals surface area contributed by atoms with Gasteiger partial charge in [0, 0.05) is 6.54 Å². The van der Waals surface area contributed by atoms with Gasteiger partial charge >= 0.3 is 0 Å². The molecule has 1 aromatic rings. The van der Waals surface area contributed by atoms with E-state index in [4.69, 9.17) is 23.2 Å². The number of benzene rings is 1. The van der Waals surface area contributed by atoms with E-state index in [-0.39, 0.29) is 11.9 Å². The lowest BCUT2D eigenvalue weighted by Gasteiger charge is -2.36. The van der Waals surface area contributed by atoms with Crippen molar-refractivity contribution in [2.45, 2.75) is 33.2 Å². The Kier molecular flexibility index (Phi) is 4.26. The summed E-state index contributed by atoms with van der Waals surface area (Å²) in [5, 5.41) is 4.21. The Balaban J connectivity index is 2.48. The normalized spacial score (nSPS) is 18.5. The summed E-state index contributed by atoms with van der Waals surface area (Å²) in [7, 11) is 0. The SMILES string of the molecule is CCC1Nc2cc(Cl)c(Cl)cc2N(CC(C)C)C1=O. The highest BCUT2D eigenvalue weighted by Crippen LogP contribution is 2.38. The van der Waals surface area contributed by atoms with Crippen LogP contribution in [0.1, 0.15) is 27.2 Å². The van der Waals surface area contributed by atoms with Crippen LogP contribution < -0.4 is 10.2 Å². The predicted molar refractivity (Wildman–Crippen MR) is 81.4 cm³/mol. The molecule has 3 nitrogen and oxygen atoms in total. The van der Waals surface area contributed by atoms with Crippen LogP contribution in [0.4, 0.5) is 11.4 Å². The minimum atomic E-state index is -0.191. The molecule has 2 rings (SSSR count). The van der Waals surface area contributed by atoms with E-state index in [0.717, 1.165) is 17.8 Å². The van der Waals surface area contributed by atoms with Gasteiger partial charge in [0.2, 0.25) is 5.91 Å². The first-order valence-corrected chi connectivity index (χ1v) is 7.26. The van der Waals surface area contributed by atoms with Gasteiger partial charge in [0.05, 0.1) is 21.4 Å². The number of carbonyl (C=O) groups excluding carboxylic acids is 1. The van der Waals surface area contributed by atoms with Crippen molar-refractivity contribution in [1.82, 2.24) is 0 Å². The third-order valence-electron chi connectivity index (χ3n) is 3.18. The third-order valence-corrected chi connectivity index (χ3v) is 3.90. The third kappa shape index (κ3) is 2.82. The minimum Gasteiger partial charge on any atom is -0.372 e. The molecule has 0 radical (unpaired) electrons. The Hall–Kier alpha value is -0.930. The lowest BCUT2D eigenvalue weighted by molar-refractivity contribution is -0.119. The summed E-state index contributed by atoms with van der Waals surface area (Å²) in [6.07, 6.45) is 0.743. The molecule has 1 aliphatic rings. The number of nitrogens with one attached hydrogen (secondary N) is 1. The van der Waals surface area contributed by atoms with Crippen LogP contribution in [0.3, 0.4) is 0 Å². The Morgan fingerprint density at radius 2 is 1.95 bits per heavy atom. The number of nitrogens with zero attached hydrogens (tertiary/aromatic N) is 1. The van der Waals surface area contributed by atoms with E-state index in [1.807, 2.05) is 11.8 Å². The summed E-state index contributed by atoms with van der Waals surface area (Å²) in [6, 6.07) is 3.36. The predicted octanol–water partition coefficient (Wildman–Crippen LogP) is 4.19. The monoisotopic (exact) mass is 300 g/mol. The van der Waals surface area contributed by atoms with E-state index in [9.17, 15) is 4.79 Å². The number of hydrogen-bond acceptors (Lipinski definition) is 2. The van der Waals surface area contributed by atoms with E-state index in [1.165, 1.54) is 0 Å². The topological polar surface area (TPSA) is 32.3 Å². The maximum Gasteiger partial charge on any atom is 0.249 e. The van der Waals surface area contributed by atoms with Gasteiger partial charge < -0.3 is 10.2 Å². The Morgan fingerprint density at radius 1 is 1.32 bits per heavy atom. The lowest BCUT2D eigenvalue weighted by atomic mass is 10.0. The maximum absolute atomic E-state index is 12.4. The number of halogens is 2. The number of fused-ring (bicyclic) bond motifs is 1. The zero-order valence-corrected chi connectivity index (χ0v) is 12.8. The second-order valence-electron chi connectivity index (χ2n) is 5.23. The van der Waals surface area contributed by atoms with Crippen LogP contribution in [-0.2, 0) is 4.79 Å². The van der Waals surface area contributed by atoms with E-state index < -0.39 is 0 Å². The molecule has 1 aromatic carbocycles. The molecule has 5 heteroatoms. The number of amides is 1. The summed E-state index contributed by atoms with van der Waals surface area (Å²) in [5.74, 6) is 0.490. The molecule has 1 heterocycles. The number of rotatable bonds is 3. The van der Waals surface area contributed by atoms with Gasteiger partial charge in [-0.3, -0.25) is 4.79 Å². The summed E-state index contributed by atoms with van der Waals surface area (Å²) >= 11 is 12.1. The van der Waals surface area contributed by atoms with Crippen molar-refractivity contribution < 1.29 is 4.79 Å². The standard InChI is InChI=1S/C14H18Cl2N2O/c1-4-11-14(19)18(7-8(2)3)13-6-10(16)9(15)5-12(13)17-11/h5-6,8,11,17H,4,7H2,1-3H3. The highest BCUT2D eigenvalue weighted by molar-refractivity contribution is 6.42. The molecule has 104 valence electrons. The zero-order valence-electron chi connectivity index (χ0n) is 11.3. The van der Waals surface area contributed by atoms with Gasteiger partial charge in [-0.2, -0.15) is 0 Å². The van der Waals surface area contributed by atoms with Crippen LogP contribution in [0.2, 0.25) is 10.0 Å². The van der Waals surface area contributed by atoms with Crippen molar-refractivity contribution in [3.8, 4) is 0 Å². The number of anilines is 2. The van der Waals surface area contributed by atoms with Gasteiger partial charge in [0.25, 0.3) is 0 Å². The van der Waals surface area contributed by atoms with Gasteiger partial charge in [-0.15, -0.1) is 0 Å². The first-order chi connectivity index (χ1) is 8.93. The summed E-state index contributed by atoms with van der Waals surface area (Å²) < 4.78 is 0. The average Bonchev–Trinajstić information content (AvgIpc) is 2.34. The highest BCUT2D eigenvalue weighted by Gasteiger charge is 2.32. The van der Waals surface area contributed by atoms with Crippen molar-refractivity contribution in [3.05, 3.63) is 22.2 Å². The van der Waals surface area contributed by atoms with Crippen molar-refractivity contribution in [3.63, 3.8) is 0 Å². The molecule has 0 saturated carbocycles. The molecule has 1 atom stereocenters. The van der Waals surface area contributed by atoms with Crippen molar-refractivity contribution in [2.75, 3.05) is 16.8 Å². The fourth-order valence-corrected chi connectivity index (χ4v) is 2.58. The quantitative estimate of drug-likeness (QED) is 0.908. The van der Waals surface area contributed by atoms with Crippen molar-refractivity contribution in [2.24, 2.45) is 5.92 Å². The zero-order chi connectivity index (χ0) is 14.2.